The fourth-order valence-corrected chi connectivity index (χ4v) is 1.86. The zero-order chi connectivity index (χ0) is 12.3. The Labute approximate surface area is 98.6 Å². The van der Waals surface area contributed by atoms with Crippen molar-refractivity contribution >= 4 is 17.5 Å². The van der Waals surface area contributed by atoms with E-state index < -0.39 is 0 Å². The molecule has 1 aromatic rings. The summed E-state index contributed by atoms with van der Waals surface area (Å²) >= 11 is 0. The Morgan fingerprint density at radius 2 is 1.88 bits per heavy atom. The Morgan fingerprint density at radius 1 is 1.24 bits per heavy atom. The molecule has 1 fully saturated rings. The van der Waals surface area contributed by atoms with E-state index in [0.29, 0.717) is 0 Å². The molecule has 2 rings (SSSR count). The van der Waals surface area contributed by atoms with Gasteiger partial charge in [0.25, 0.3) is 0 Å². The summed E-state index contributed by atoms with van der Waals surface area (Å²) in [7, 11) is 0. The number of nitrogens with zero attached hydrogens (tertiary/aromatic N) is 2. The Kier molecular flexibility index (Phi) is 3.06. The van der Waals surface area contributed by atoms with Crippen molar-refractivity contribution in [3.63, 3.8) is 0 Å². The summed E-state index contributed by atoms with van der Waals surface area (Å²) in [5.74, 6) is -0.624. The minimum absolute atomic E-state index is 0.147. The van der Waals surface area contributed by atoms with Gasteiger partial charge in [-0.25, -0.2) is 0 Å². The summed E-state index contributed by atoms with van der Waals surface area (Å²) in [6.07, 6.45) is 0.266. The number of hydrogen-bond donors (Lipinski definition) is 1. The second-order valence-corrected chi connectivity index (χ2v) is 3.79. The third-order valence-electron chi connectivity index (χ3n) is 2.55. The van der Waals surface area contributed by atoms with Crippen molar-refractivity contribution in [3.05, 3.63) is 29.8 Å². The molecule has 17 heavy (non-hydrogen) atoms. The topological polar surface area (TPSA) is 73.2 Å². The Balaban J connectivity index is 2.30. The van der Waals surface area contributed by atoms with Gasteiger partial charge in [-0.15, -0.1) is 0 Å². The van der Waals surface area contributed by atoms with E-state index >= 15 is 0 Å². The van der Waals surface area contributed by atoms with Gasteiger partial charge < -0.3 is 4.90 Å². The highest BCUT2D eigenvalue weighted by molar-refractivity contribution is 6.02. The van der Waals surface area contributed by atoms with Gasteiger partial charge in [-0.3, -0.25) is 14.9 Å². The van der Waals surface area contributed by atoms with Crippen LogP contribution in [0.4, 0.5) is 5.69 Å². The summed E-state index contributed by atoms with van der Waals surface area (Å²) in [5.41, 5.74) is 1.61. The molecule has 1 heterocycles. The molecule has 5 heteroatoms. The molecule has 5 nitrogen and oxygen atoms in total. The third kappa shape index (κ3) is 2.42. The first-order valence-electron chi connectivity index (χ1n) is 5.23. The maximum absolute atomic E-state index is 11.3. The summed E-state index contributed by atoms with van der Waals surface area (Å²) in [5, 5.41) is 11.0. The number of amides is 2. The molecule has 0 aliphatic carbocycles. The van der Waals surface area contributed by atoms with E-state index in [1.54, 1.807) is 4.90 Å². The van der Waals surface area contributed by atoms with Gasteiger partial charge in [0.15, 0.2) is 0 Å². The number of rotatable bonds is 2. The number of carbonyl (C=O) groups excluding carboxylic acids is 2. The summed E-state index contributed by atoms with van der Waals surface area (Å²) in [6.45, 7) is 0.294. The molecule has 2 amide bonds. The number of anilines is 1. The van der Waals surface area contributed by atoms with Crippen LogP contribution < -0.4 is 10.2 Å². The molecule has 0 unspecified atom stereocenters. The van der Waals surface area contributed by atoms with E-state index in [-0.39, 0.29) is 31.3 Å². The lowest BCUT2D eigenvalue weighted by Crippen LogP contribution is -2.51. The fraction of sp³-hybridized carbons (Fsp3) is 0.250. The molecule has 1 N–H and O–H groups in total. The van der Waals surface area contributed by atoms with Crippen LogP contribution in [0.2, 0.25) is 0 Å². The zero-order valence-electron chi connectivity index (χ0n) is 9.14. The minimum Gasteiger partial charge on any atom is -0.353 e. The van der Waals surface area contributed by atoms with E-state index in [4.69, 9.17) is 5.26 Å². The van der Waals surface area contributed by atoms with Gasteiger partial charge in [0, 0.05) is 5.69 Å². The zero-order valence-corrected chi connectivity index (χ0v) is 9.14. The molecule has 1 aliphatic rings. The van der Waals surface area contributed by atoms with Gasteiger partial charge in [0.1, 0.15) is 0 Å². The number of carbonyl (C=O) groups is 2. The molecule has 0 bridgehead atoms. The van der Waals surface area contributed by atoms with Crippen molar-refractivity contribution in [3.8, 4) is 6.07 Å². The minimum atomic E-state index is -0.312. The summed E-state index contributed by atoms with van der Waals surface area (Å²) in [6, 6.07) is 9.38. The van der Waals surface area contributed by atoms with Crippen molar-refractivity contribution in [2.24, 2.45) is 0 Å². The second kappa shape index (κ2) is 4.66. The molecule has 0 spiro atoms. The fourth-order valence-electron chi connectivity index (χ4n) is 1.86. The Morgan fingerprint density at radius 3 is 2.53 bits per heavy atom. The van der Waals surface area contributed by atoms with Gasteiger partial charge in [0.2, 0.25) is 11.8 Å². The highest BCUT2D eigenvalue weighted by Crippen LogP contribution is 2.21. The lowest BCUT2D eigenvalue weighted by atomic mass is 10.1. The van der Waals surface area contributed by atoms with Crippen molar-refractivity contribution in [1.82, 2.24) is 5.32 Å². The average molecular weight is 229 g/mol. The van der Waals surface area contributed by atoms with Gasteiger partial charge in [0.05, 0.1) is 25.6 Å². The number of para-hydroxylation sites is 1. The highest BCUT2D eigenvalue weighted by Gasteiger charge is 2.23. The maximum atomic E-state index is 11.3. The number of piperazine rings is 1. The Bertz CT molecular complexity index is 489. The molecular formula is C12H11N3O2. The third-order valence-corrected chi connectivity index (χ3v) is 2.55. The quantitative estimate of drug-likeness (QED) is 0.736. The lowest BCUT2D eigenvalue weighted by Gasteiger charge is -2.28. The lowest BCUT2D eigenvalue weighted by molar-refractivity contribution is -0.130. The van der Waals surface area contributed by atoms with Crippen LogP contribution in [0, 0.1) is 11.3 Å². The number of imide groups is 1. The predicted molar refractivity (Wildman–Crippen MR) is 61.1 cm³/mol. The molecular weight excluding hydrogens is 218 g/mol. The molecule has 0 saturated carbocycles. The van der Waals surface area contributed by atoms with Crippen molar-refractivity contribution in [1.29, 1.82) is 5.26 Å². The van der Waals surface area contributed by atoms with Gasteiger partial charge in [-0.05, 0) is 11.6 Å². The first kappa shape index (κ1) is 11.1. The first-order chi connectivity index (χ1) is 8.20. The van der Waals surface area contributed by atoms with Gasteiger partial charge in [-0.2, -0.15) is 5.26 Å². The van der Waals surface area contributed by atoms with E-state index in [9.17, 15) is 9.59 Å². The molecule has 0 atom stereocenters. The van der Waals surface area contributed by atoms with Crippen LogP contribution in [0.5, 0.6) is 0 Å². The van der Waals surface area contributed by atoms with Crippen LogP contribution >= 0.6 is 0 Å². The maximum Gasteiger partial charge on any atom is 0.246 e. The highest BCUT2D eigenvalue weighted by atomic mass is 16.2. The van der Waals surface area contributed by atoms with E-state index in [1.807, 2.05) is 24.3 Å². The van der Waals surface area contributed by atoms with Crippen LogP contribution in [-0.2, 0) is 16.0 Å². The normalized spacial score (nSPS) is 15.4. The smallest absolute Gasteiger partial charge is 0.246 e. The molecule has 0 aromatic heterocycles. The Hall–Kier alpha value is -2.35. The first-order valence-corrected chi connectivity index (χ1v) is 5.23. The summed E-state index contributed by atoms with van der Waals surface area (Å²) in [4.78, 5) is 24.3. The van der Waals surface area contributed by atoms with Crippen LogP contribution in [0.25, 0.3) is 0 Å². The number of benzene rings is 1. The van der Waals surface area contributed by atoms with E-state index in [0.717, 1.165) is 11.3 Å². The van der Waals surface area contributed by atoms with Crippen LogP contribution in [0.15, 0.2) is 24.3 Å². The van der Waals surface area contributed by atoms with Crippen molar-refractivity contribution < 1.29 is 9.59 Å². The average Bonchev–Trinajstić information content (AvgIpc) is 2.29. The molecule has 1 aromatic carbocycles. The van der Waals surface area contributed by atoms with Crippen LogP contribution in [0.3, 0.4) is 0 Å². The van der Waals surface area contributed by atoms with Crippen LogP contribution in [-0.4, -0.2) is 24.9 Å². The second-order valence-electron chi connectivity index (χ2n) is 3.79. The number of hydrogen-bond acceptors (Lipinski definition) is 4. The standard InChI is InChI=1S/C12H11N3O2/c13-6-5-9-3-1-2-4-10(9)15-7-11(16)14-12(17)8-15/h1-4H,5,7-8H2,(H,14,16,17). The van der Waals surface area contributed by atoms with Gasteiger partial charge in [-0.1, -0.05) is 18.2 Å². The largest absolute Gasteiger partial charge is 0.353 e. The SMILES string of the molecule is N#CCc1ccccc1N1CC(=O)NC(=O)C1. The van der Waals surface area contributed by atoms with E-state index in [2.05, 4.69) is 11.4 Å². The molecule has 1 saturated heterocycles. The summed E-state index contributed by atoms with van der Waals surface area (Å²) < 4.78 is 0. The monoisotopic (exact) mass is 229 g/mol. The van der Waals surface area contributed by atoms with Crippen LogP contribution in [0.1, 0.15) is 5.56 Å². The van der Waals surface area contributed by atoms with Crippen molar-refractivity contribution in [2.45, 2.75) is 6.42 Å². The van der Waals surface area contributed by atoms with E-state index in [1.165, 1.54) is 0 Å². The molecule has 1 aliphatic heterocycles. The molecule has 86 valence electrons. The van der Waals surface area contributed by atoms with Gasteiger partial charge >= 0.3 is 0 Å². The number of nitriles is 1. The van der Waals surface area contributed by atoms with Crippen molar-refractivity contribution in [2.75, 3.05) is 18.0 Å². The number of nitrogens with one attached hydrogen (secondary N) is 1. The molecule has 0 radical (unpaired) electrons. The predicted octanol–water partition coefficient (Wildman–Crippen LogP) is 0.215.